The molecule has 134 valence electrons. The van der Waals surface area contributed by atoms with E-state index in [0.717, 1.165) is 6.42 Å². The Morgan fingerprint density at radius 2 is 2.04 bits per heavy atom. The van der Waals surface area contributed by atoms with Crippen molar-refractivity contribution in [2.45, 2.75) is 13.3 Å². The minimum Gasteiger partial charge on any atom is -0.493 e. The summed E-state index contributed by atoms with van der Waals surface area (Å²) in [5, 5.41) is 12.1. The van der Waals surface area contributed by atoms with Crippen LogP contribution in [0.3, 0.4) is 0 Å². The summed E-state index contributed by atoms with van der Waals surface area (Å²) in [5.41, 5.74) is 1.27. The second-order valence-corrected chi connectivity index (χ2v) is 6.23. The molecule has 2 aromatic carbocycles. The van der Waals surface area contributed by atoms with E-state index in [0.29, 0.717) is 33.8 Å². The predicted octanol–water partition coefficient (Wildman–Crippen LogP) is 4.79. The fourth-order valence-corrected chi connectivity index (χ4v) is 2.78. The van der Waals surface area contributed by atoms with Crippen molar-refractivity contribution in [1.29, 1.82) is 5.26 Å². The first-order valence-electron chi connectivity index (χ1n) is 8.07. The van der Waals surface area contributed by atoms with Crippen molar-refractivity contribution in [2.75, 3.05) is 19.0 Å². The lowest BCUT2D eigenvalue weighted by molar-refractivity contribution is -0.112. The molecule has 0 atom stereocenters. The van der Waals surface area contributed by atoms with Gasteiger partial charge < -0.3 is 14.8 Å². The fraction of sp³-hybridized carbons (Fsp3) is 0.200. The number of para-hydroxylation sites is 1. The number of carbonyl (C=O) groups is 1. The summed E-state index contributed by atoms with van der Waals surface area (Å²) < 4.78 is 11.7. The summed E-state index contributed by atoms with van der Waals surface area (Å²) in [6.07, 6.45) is 2.38. The molecule has 6 heteroatoms. The number of anilines is 1. The molecule has 5 nitrogen and oxygen atoms in total. The standard InChI is InChI=1S/C20H19BrN2O3/c1-3-9-26-19-17(21)11-14(12-18(19)25-2)10-15(13-22)20(24)23-16-7-5-4-6-8-16/h4-8,10-12H,3,9H2,1-2H3,(H,23,24)/b15-10-. The third-order valence-corrected chi connectivity index (χ3v) is 4.00. The van der Waals surface area contributed by atoms with Crippen molar-refractivity contribution >= 4 is 33.6 Å². The van der Waals surface area contributed by atoms with Crippen LogP contribution in [0.4, 0.5) is 5.69 Å². The van der Waals surface area contributed by atoms with Gasteiger partial charge in [0.25, 0.3) is 5.91 Å². The number of ether oxygens (including phenoxy) is 2. The Labute approximate surface area is 161 Å². The maximum Gasteiger partial charge on any atom is 0.266 e. The average Bonchev–Trinajstić information content (AvgIpc) is 2.65. The number of nitrogens with one attached hydrogen (secondary N) is 1. The molecule has 0 saturated carbocycles. The number of methoxy groups -OCH3 is 1. The molecule has 0 spiro atoms. The van der Waals surface area contributed by atoms with E-state index < -0.39 is 5.91 Å². The zero-order valence-corrected chi connectivity index (χ0v) is 16.2. The molecule has 1 amide bonds. The highest BCUT2D eigenvalue weighted by atomic mass is 79.9. The highest BCUT2D eigenvalue weighted by Gasteiger charge is 2.14. The first kappa shape index (κ1) is 19.5. The fourth-order valence-electron chi connectivity index (χ4n) is 2.20. The summed E-state index contributed by atoms with van der Waals surface area (Å²) in [6.45, 7) is 2.58. The van der Waals surface area contributed by atoms with Crippen molar-refractivity contribution in [3.05, 3.63) is 58.1 Å². The van der Waals surface area contributed by atoms with Gasteiger partial charge in [0, 0.05) is 5.69 Å². The SMILES string of the molecule is CCCOc1c(Br)cc(/C=C(/C#N)C(=O)Nc2ccccc2)cc1OC. The van der Waals surface area contributed by atoms with Gasteiger partial charge in [-0.05, 0) is 58.3 Å². The summed E-state index contributed by atoms with van der Waals surface area (Å²) in [6, 6.07) is 14.4. The maximum absolute atomic E-state index is 12.3. The van der Waals surface area contributed by atoms with Gasteiger partial charge >= 0.3 is 0 Å². The van der Waals surface area contributed by atoms with Gasteiger partial charge in [0.15, 0.2) is 11.5 Å². The Bertz CT molecular complexity index is 842. The molecule has 0 bridgehead atoms. The van der Waals surface area contributed by atoms with Crippen LogP contribution in [0, 0.1) is 11.3 Å². The van der Waals surface area contributed by atoms with Crippen molar-refractivity contribution in [2.24, 2.45) is 0 Å². The molecule has 0 unspecified atom stereocenters. The molecule has 0 aliphatic carbocycles. The number of benzene rings is 2. The second kappa shape index (κ2) is 9.64. The minimum absolute atomic E-state index is 0.00923. The van der Waals surface area contributed by atoms with Crippen LogP contribution in [0.1, 0.15) is 18.9 Å². The number of nitriles is 1. The Balaban J connectivity index is 2.29. The number of hydrogen-bond donors (Lipinski definition) is 1. The Morgan fingerprint density at radius 1 is 1.31 bits per heavy atom. The molecule has 1 N–H and O–H groups in total. The minimum atomic E-state index is -0.472. The molecule has 2 aromatic rings. The van der Waals surface area contributed by atoms with Crippen LogP contribution in [0.25, 0.3) is 6.08 Å². The van der Waals surface area contributed by atoms with E-state index in [4.69, 9.17) is 9.47 Å². The van der Waals surface area contributed by atoms with Gasteiger partial charge in [-0.25, -0.2) is 0 Å². The highest BCUT2D eigenvalue weighted by Crippen LogP contribution is 2.37. The van der Waals surface area contributed by atoms with E-state index in [-0.39, 0.29) is 5.57 Å². The first-order valence-corrected chi connectivity index (χ1v) is 8.86. The van der Waals surface area contributed by atoms with Crippen molar-refractivity contribution in [3.63, 3.8) is 0 Å². The lowest BCUT2D eigenvalue weighted by Gasteiger charge is -2.13. The normalized spacial score (nSPS) is 10.8. The van der Waals surface area contributed by atoms with Crippen LogP contribution >= 0.6 is 15.9 Å². The van der Waals surface area contributed by atoms with Crippen molar-refractivity contribution in [1.82, 2.24) is 0 Å². The number of carbonyl (C=O) groups excluding carboxylic acids is 1. The van der Waals surface area contributed by atoms with E-state index in [1.54, 1.807) is 31.4 Å². The third kappa shape index (κ3) is 5.11. The number of nitrogens with zero attached hydrogens (tertiary/aromatic N) is 1. The van der Waals surface area contributed by atoms with E-state index in [9.17, 15) is 10.1 Å². The maximum atomic E-state index is 12.3. The largest absolute Gasteiger partial charge is 0.493 e. The van der Waals surface area contributed by atoms with Gasteiger partial charge in [-0.1, -0.05) is 25.1 Å². The van der Waals surface area contributed by atoms with E-state index in [2.05, 4.69) is 21.2 Å². The Morgan fingerprint density at radius 3 is 2.65 bits per heavy atom. The average molecular weight is 415 g/mol. The summed E-state index contributed by atoms with van der Waals surface area (Å²) in [7, 11) is 1.54. The molecule has 0 heterocycles. The molecular weight excluding hydrogens is 396 g/mol. The lowest BCUT2D eigenvalue weighted by atomic mass is 10.1. The van der Waals surface area contributed by atoms with Crippen molar-refractivity contribution in [3.8, 4) is 17.6 Å². The number of hydrogen-bond acceptors (Lipinski definition) is 4. The summed E-state index contributed by atoms with van der Waals surface area (Å²) in [5.74, 6) is 0.652. The molecule has 0 aromatic heterocycles. The highest BCUT2D eigenvalue weighted by molar-refractivity contribution is 9.10. The predicted molar refractivity (Wildman–Crippen MR) is 105 cm³/mol. The molecule has 26 heavy (non-hydrogen) atoms. The van der Waals surface area contributed by atoms with Crippen LogP contribution in [0.15, 0.2) is 52.5 Å². The number of rotatable bonds is 7. The van der Waals surface area contributed by atoms with Gasteiger partial charge in [-0.3, -0.25) is 4.79 Å². The second-order valence-electron chi connectivity index (χ2n) is 5.37. The van der Waals surface area contributed by atoms with Gasteiger partial charge in [0.05, 0.1) is 18.2 Å². The van der Waals surface area contributed by atoms with E-state index in [1.807, 2.05) is 31.2 Å². The van der Waals surface area contributed by atoms with Gasteiger partial charge in [-0.2, -0.15) is 5.26 Å². The molecule has 0 aliphatic rings. The summed E-state index contributed by atoms with van der Waals surface area (Å²) >= 11 is 3.45. The number of amides is 1. The number of halogens is 1. The van der Waals surface area contributed by atoms with E-state index in [1.165, 1.54) is 6.08 Å². The molecule has 0 aliphatic heterocycles. The lowest BCUT2D eigenvalue weighted by Crippen LogP contribution is -2.13. The van der Waals surface area contributed by atoms with Gasteiger partial charge in [0.1, 0.15) is 11.6 Å². The Hall–Kier alpha value is -2.78. The zero-order valence-electron chi connectivity index (χ0n) is 14.6. The van der Waals surface area contributed by atoms with Crippen LogP contribution in [0.2, 0.25) is 0 Å². The van der Waals surface area contributed by atoms with Crippen LogP contribution in [-0.4, -0.2) is 19.6 Å². The summed E-state index contributed by atoms with van der Waals surface area (Å²) in [4.78, 5) is 12.3. The topological polar surface area (TPSA) is 71.3 Å². The quantitative estimate of drug-likeness (QED) is 0.521. The Kier molecular flexibility index (Phi) is 7.24. The van der Waals surface area contributed by atoms with E-state index >= 15 is 0 Å². The van der Waals surface area contributed by atoms with Gasteiger partial charge in [-0.15, -0.1) is 0 Å². The smallest absolute Gasteiger partial charge is 0.266 e. The van der Waals surface area contributed by atoms with Crippen LogP contribution < -0.4 is 14.8 Å². The zero-order chi connectivity index (χ0) is 18.9. The first-order chi connectivity index (χ1) is 12.6. The monoisotopic (exact) mass is 414 g/mol. The van der Waals surface area contributed by atoms with Crippen molar-refractivity contribution < 1.29 is 14.3 Å². The van der Waals surface area contributed by atoms with Gasteiger partial charge in [0.2, 0.25) is 0 Å². The molecular formula is C20H19BrN2O3. The van der Waals surface area contributed by atoms with Crippen LogP contribution in [0.5, 0.6) is 11.5 Å². The molecule has 0 saturated heterocycles. The third-order valence-electron chi connectivity index (χ3n) is 3.41. The van der Waals surface area contributed by atoms with Crippen LogP contribution in [-0.2, 0) is 4.79 Å². The molecule has 0 fully saturated rings. The molecule has 0 radical (unpaired) electrons. The molecule has 2 rings (SSSR count).